The summed E-state index contributed by atoms with van der Waals surface area (Å²) in [6, 6.07) is 18.0. The van der Waals surface area contributed by atoms with Gasteiger partial charge in [0.05, 0.1) is 0 Å². The van der Waals surface area contributed by atoms with Gasteiger partial charge in [-0.3, -0.25) is 4.90 Å². The van der Waals surface area contributed by atoms with E-state index in [0.29, 0.717) is 18.5 Å². The van der Waals surface area contributed by atoms with Gasteiger partial charge in [0, 0.05) is 44.7 Å². The zero-order chi connectivity index (χ0) is 14.9. The molecule has 0 unspecified atom stereocenters. The van der Waals surface area contributed by atoms with Crippen molar-refractivity contribution in [2.24, 2.45) is 5.73 Å². The quantitative estimate of drug-likeness (QED) is 0.892. The number of piperazine rings is 1. The van der Waals surface area contributed by atoms with Crippen LogP contribution in [0.5, 0.6) is 0 Å². The summed E-state index contributed by atoms with van der Waals surface area (Å²) in [7, 11) is 0. The lowest BCUT2D eigenvalue weighted by atomic mass is 9.78. The molecule has 22 heavy (non-hydrogen) atoms. The molecule has 0 saturated carbocycles. The molecule has 2 aromatic rings. The summed E-state index contributed by atoms with van der Waals surface area (Å²) in [5, 5.41) is 3.54. The Morgan fingerprint density at radius 3 is 2.77 bits per heavy atom. The molecule has 0 aromatic heterocycles. The Morgan fingerprint density at radius 2 is 1.95 bits per heavy atom. The number of nitrogens with two attached hydrogens (primary N) is 1. The van der Waals surface area contributed by atoms with Gasteiger partial charge in [0.1, 0.15) is 0 Å². The summed E-state index contributed by atoms with van der Waals surface area (Å²) >= 11 is 0. The van der Waals surface area contributed by atoms with Gasteiger partial charge >= 0.3 is 0 Å². The number of rotatable bonds is 2. The Kier molecular flexibility index (Phi) is 3.70. The first-order valence-electron chi connectivity index (χ1n) is 8.20. The van der Waals surface area contributed by atoms with Crippen LogP contribution in [0.4, 0.5) is 0 Å². The van der Waals surface area contributed by atoms with Crippen LogP contribution in [-0.4, -0.2) is 31.1 Å². The molecule has 1 saturated heterocycles. The lowest BCUT2D eigenvalue weighted by Crippen LogP contribution is -2.50. The minimum absolute atomic E-state index is 0.435. The third kappa shape index (κ3) is 2.26. The Balaban J connectivity index is 1.86. The molecule has 2 heterocycles. The van der Waals surface area contributed by atoms with E-state index < -0.39 is 0 Å². The molecule has 0 radical (unpaired) electrons. The van der Waals surface area contributed by atoms with Crippen LogP contribution in [0, 0.1) is 0 Å². The maximum absolute atomic E-state index is 6.05. The normalized spacial score (nSPS) is 24.6. The number of nitrogens with one attached hydrogen (secondary N) is 1. The molecular weight excluding hydrogens is 270 g/mol. The second-order valence-electron chi connectivity index (χ2n) is 6.30. The van der Waals surface area contributed by atoms with Crippen LogP contribution in [0.3, 0.4) is 0 Å². The maximum Gasteiger partial charge on any atom is 0.0476 e. The van der Waals surface area contributed by atoms with Gasteiger partial charge in [0.2, 0.25) is 0 Å². The number of fused-ring (bicyclic) bond motifs is 3. The minimum atomic E-state index is 0.435. The summed E-state index contributed by atoms with van der Waals surface area (Å²) in [4.78, 5) is 2.64. The van der Waals surface area contributed by atoms with E-state index in [0.717, 1.165) is 26.2 Å². The molecule has 4 rings (SSSR count). The van der Waals surface area contributed by atoms with E-state index in [1.54, 1.807) is 0 Å². The number of hydrogen-bond donors (Lipinski definition) is 2. The van der Waals surface area contributed by atoms with Gasteiger partial charge in [-0.1, -0.05) is 48.5 Å². The first-order chi connectivity index (χ1) is 10.9. The molecule has 0 spiro atoms. The molecule has 2 aliphatic rings. The van der Waals surface area contributed by atoms with Crippen LogP contribution in [0.1, 0.15) is 34.2 Å². The highest BCUT2D eigenvalue weighted by Gasteiger charge is 2.35. The van der Waals surface area contributed by atoms with E-state index in [9.17, 15) is 0 Å². The number of nitrogens with zero attached hydrogens (tertiary/aromatic N) is 1. The largest absolute Gasteiger partial charge is 0.326 e. The molecule has 114 valence electrons. The van der Waals surface area contributed by atoms with Crippen molar-refractivity contribution in [1.82, 2.24) is 10.2 Å². The van der Waals surface area contributed by atoms with E-state index in [1.165, 1.54) is 22.3 Å². The van der Waals surface area contributed by atoms with Crippen LogP contribution >= 0.6 is 0 Å². The van der Waals surface area contributed by atoms with Gasteiger partial charge in [-0.2, -0.15) is 0 Å². The molecule has 2 aliphatic heterocycles. The predicted molar refractivity (Wildman–Crippen MR) is 89.8 cm³/mol. The zero-order valence-corrected chi connectivity index (χ0v) is 12.8. The van der Waals surface area contributed by atoms with Crippen LogP contribution in [-0.2, 0) is 6.54 Å². The molecule has 3 N–H and O–H groups in total. The molecular formula is C19H23N3. The summed E-state index contributed by atoms with van der Waals surface area (Å²) < 4.78 is 0. The molecule has 2 aromatic carbocycles. The highest BCUT2D eigenvalue weighted by atomic mass is 15.2. The lowest BCUT2D eigenvalue weighted by molar-refractivity contribution is 0.143. The standard InChI is InChI=1S/C19H23N3/c20-11-15-7-4-8-16-18-12-21-9-10-22(18)13-17(19(15)16)14-5-2-1-3-6-14/h1-8,17-18,21H,9-13,20H2/t17-,18+/m1/s1. The topological polar surface area (TPSA) is 41.3 Å². The van der Waals surface area contributed by atoms with Crippen molar-refractivity contribution in [3.8, 4) is 0 Å². The van der Waals surface area contributed by atoms with Crippen molar-refractivity contribution in [2.45, 2.75) is 18.5 Å². The maximum atomic E-state index is 6.05. The van der Waals surface area contributed by atoms with Crippen LogP contribution in [0.15, 0.2) is 48.5 Å². The van der Waals surface area contributed by atoms with E-state index in [2.05, 4.69) is 58.7 Å². The van der Waals surface area contributed by atoms with Crippen molar-refractivity contribution in [1.29, 1.82) is 0 Å². The van der Waals surface area contributed by atoms with Gasteiger partial charge in [-0.25, -0.2) is 0 Å². The summed E-state index contributed by atoms with van der Waals surface area (Å²) in [6.07, 6.45) is 0. The van der Waals surface area contributed by atoms with Gasteiger partial charge in [0.15, 0.2) is 0 Å². The second kappa shape index (κ2) is 5.84. The SMILES string of the molecule is NCc1cccc2c1[C@@H](c1ccccc1)CN1CCNC[C@@H]21. The van der Waals surface area contributed by atoms with Crippen molar-refractivity contribution in [3.05, 3.63) is 70.8 Å². The van der Waals surface area contributed by atoms with Crippen molar-refractivity contribution in [3.63, 3.8) is 0 Å². The zero-order valence-electron chi connectivity index (χ0n) is 12.8. The first kappa shape index (κ1) is 13.9. The summed E-state index contributed by atoms with van der Waals surface area (Å²) in [5.74, 6) is 0.435. The fourth-order valence-electron chi connectivity index (χ4n) is 4.08. The lowest BCUT2D eigenvalue weighted by Gasteiger charge is -2.45. The molecule has 0 amide bonds. The first-order valence-corrected chi connectivity index (χ1v) is 8.20. The van der Waals surface area contributed by atoms with Crippen molar-refractivity contribution < 1.29 is 0 Å². The molecule has 2 atom stereocenters. The third-order valence-electron chi connectivity index (χ3n) is 5.13. The van der Waals surface area contributed by atoms with Gasteiger partial charge in [-0.05, 0) is 22.3 Å². The van der Waals surface area contributed by atoms with Crippen molar-refractivity contribution >= 4 is 0 Å². The Hall–Kier alpha value is -1.68. The molecule has 3 heteroatoms. The van der Waals surface area contributed by atoms with E-state index in [1.807, 2.05) is 0 Å². The monoisotopic (exact) mass is 293 g/mol. The van der Waals surface area contributed by atoms with E-state index in [4.69, 9.17) is 5.73 Å². The highest BCUT2D eigenvalue weighted by Crippen LogP contribution is 2.41. The van der Waals surface area contributed by atoms with Crippen LogP contribution < -0.4 is 11.1 Å². The summed E-state index contributed by atoms with van der Waals surface area (Å²) in [6.45, 7) is 4.97. The van der Waals surface area contributed by atoms with E-state index in [-0.39, 0.29) is 0 Å². The van der Waals surface area contributed by atoms with Crippen LogP contribution in [0.25, 0.3) is 0 Å². The average molecular weight is 293 g/mol. The summed E-state index contributed by atoms with van der Waals surface area (Å²) in [5.41, 5.74) is 11.7. The highest BCUT2D eigenvalue weighted by molar-refractivity contribution is 5.47. The van der Waals surface area contributed by atoms with Crippen molar-refractivity contribution in [2.75, 3.05) is 26.2 Å². The Morgan fingerprint density at radius 1 is 1.09 bits per heavy atom. The molecule has 3 nitrogen and oxygen atoms in total. The van der Waals surface area contributed by atoms with Gasteiger partial charge in [-0.15, -0.1) is 0 Å². The average Bonchev–Trinajstić information content (AvgIpc) is 2.61. The van der Waals surface area contributed by atoms with E-state index >= 15 is 0 Å². The Labute approximate surface area is 132 Å². The number of hydrogen-bond acceptors (Lipinski definition) is 3. The Bertz CT molecular complexity index is 653. The third-order valence-corrected chi connectivity index (χ3v) is 5.13. The second-order valence-corrected chi connectivity index (χ2v) is 6.30. The molecule has 1 fully saturated rings. The fourth-order valence-corrected chi connectivity index (χ4v) is 4.08. The van der Waals surface area contributed by atoms with Crippen LogP contribution in [0.2, 0.25) is 0 Å². The predicted octanol–water partition coefficient (Wildman–Crippen LogP) is 2.24. The number of benzene rings is 2. The van der Waals surface area contributed by atoms with Gasteiger partial charge in [0.25, 0.3) is 0 Å². The molecule has 0 aliphatic carbocycles. The molecule has 0 bridgehead atoms. The minimum Gasteiger partial charge on any atom is -0.326 e. The fraction of sp³-hybridized carbons (Fsp3) is 0.368. The smallest absolute Gasteiger partial charge is 0.0476 e. The van der Waals surface area contributed by atoms with Gasteiger partial charge < -0.3 is 11.1 Å².